The average Bonchev–Trinajstić information content (AvgIpc) is 2.56. The maximum Gasteiger partial charge on any atom is 0.279 e. The van der Waals surface area contributed by atoms with Gasteiger partial charge in [-0.15, -0.1) is 0 Å². The molecular weight excluding hydrogens is 318 g/mol. The van der Waals surface area contributed by atoms with Crippen LogP contribution in [-0.2, 0) is 7.05 Å². The van der Waals surface area contributed by atoms with Crippen LogP contribution in [0.4, 0.5) is 5.69 Å². The summed E-state index contributed by atoms with van der Waals surface area (Å²) >= 11 is 0. The largest absolute Gasteiger partial charge is 0.495 e. The van der Waals surface area contributed by atoms with Crippen LogP contribution in [0, 0.1) is 0 Å². The third kappa shape index (κ3) is 2.81. The van der Waals surface area contributed by atoms with Crippen LogP contribution in [-0.4, -0.2) is 28.3 Å². The first-order valence-corrected chi connectivity index (χ1v) is 8.32. The molecule has 0 saturated carbocycles. The van der Waals surface area contributed by atoms with E-state index >= 15 is 0 Å². The molecule has 1 amide bonds. The van der Waals surface area contributed by atoms with E-state index in [0.717, 1.165) is 17.7 Å². The molecule has 1 unspecified atom stereocenters. The van der Waals surface area contributed by atoms with Gasteiger partial charge in [0.05, 0.1) is 12.8 Å². The second kappa shape index (κ2) is 6.02. The van der Waals surface area contributed by atoms with Gasteiger partial charge in [-0.25, -0.2) is 4.68 Å². The number of ether oxygens (including phenoxy) is 1. The van der Waals surface area contributed by atoms with E-state index in [2.05, 4.69) is 12.0 Å². The molecule has 0 saturated heterocycles. The predicted octanol–water partition coefficient (Wildman–Crippen LogP) is 2.72. The smallest absolute Gasteiger partial charge is 0.279 e. The highest BCUT2D eigenvalue weighted by molar-refractivity contribution is 6.07. The van der Waals surface area contributed by atoms with Crippen LogP contribution >= 0.6 is 0 Å². The standard InChI is InChI=1S/C19H23N3O3/c1-12-11-19(2,3)22(17-13(12)7-6-8-15(17)25-5)18(24)14-9-10-16(23)21(4)20-14/h6-10,12H,11H2,1-5H3. The van der Waals surface area contributed by atoms with Crippen LogP contribution in [0.25, 0.3) is 0 Å². The zero-order chi connectivity index (χ0) is 18.4. The van der Waals surface area contributed by atoms with Gasteiger partial charge >= 0.3 is 0 Å². The highest BCUT2D eigenvalue weighted by atomic mass is 16.5. The van der Waals surface area contributed by atoms with E-state index in [4.69, 9.17) is 4.74 Å². The number of aryl methyl sites for hydroxylation is 1. The Bertz CT molecular complexity index is 886. The van der Waals surface area contributed by atoms with Crippen molar-refractivity contribution in [1.82, 2.24) is 9.78 Å². The summed E-state index contributed by atoms with van der Waals surface area (Å²) in [5.74, 6) is 0.728. The molecule has 0 N–H and O–H groups in total. The highest BCUT2D eigenvalue weighted by Gasteiger charge is 2.42. The lowest BCUT2D eigenvalue weighted by Crippen LogP contribution is -2.52. The van der Waals surface area contributed by atoms with Gasteiger partial charge in [0.2, 0.25) is 0 Å². The molecule has 1 aliphatic rings. The van der Waals surface area contributed by atoms with Crippen LogP contribution in [0.3, 0.4) is 0 Å². The minimum absolute atomic E-state index is 0.238. The minimum Gasteiger partial charge on any atom is -0.495 e. The first-order chi connectivity index (χ1) is 11.8. The molecule has 0 fully saturated rings. The summed E-state index contributed by atoms with van der Waals surface area (Å²) in [5, 5.41) is 4.13. The summed E-state index contributed by atoms with van der Waals surface area (Å²) in [4.78, 5) is 26.7. The molecule has 6 nitrogen and oxygen atoms in total. The van der Waals surface area contributed by atoms with Gasteiger partial charge < -0.3 is 4.74 Å². The third-order valence-electron chi connectivity index (χ3n) is 4.80. The van der Waals surface area contributed by atoms with Crippen molar-refractivity contribution in [3.63, 3.8) is 0 Å². The number of fused-ring (bicyclic) bond motifs is 1. The molecule has 132 valence electrons. The maximum atomic E-state index is 13.3. The highest BCUT2D eigenvalue weighted by Crippen LogP contribution is 2.48. The van der Waals surface area contributed by atoms with Crippen molar-refractivity contribution in [2.45, 2.75) is 38.6 Å². The molecule has 1 aromatic carbocycles. The number of aromatic nitrogens is 2. The molecule has 1 atom stereocenters. The zero-order valence-corrected chi connectivity index (χ0v) is 15.2. The Morgan fingerprint density at radius 3 is 2.64 bits per heavy atom. The van der Waals surface area contributed by atoms with Crippen LogP contribution in [0.5, 0.6) is 5.75 Å². The minimum atomic E-state index is -0.408. The van der Waals surface area contributed by atoms with Crippen molar-refractivity contribution in [3.05, 3.63) is 51.9 Å². The van der Waals surface area contributed by atoms with Crippen molar-refractivity contribution in [3.8, 4) is 5.75 Å². The molecule has 2 aromatic rings. The van der Waals surface area contributed by atoms with Gasteiger partial charge in [-0.1, -0.05) is 19.1 Å². The van der Waals surface area contributed by atoms with Gasteiger partial charge in [-0.3, -0.25) is 14.5 Å². The monoisotopic (exact) mass is 341 g/mol. The number of rotatable bonds is 2. The van der Waals surface area contributed by atoms with Crippen LogP contribution < -0.4 is 15.2 Å². The fourth-order valence-corrected chi connectivity index (χ4v) is 3.70. The van der Waals surface area contributed by atoms with E-state index in [-0.39, 0.29) is 17.2 Å². The number of hydrogen-bond donors (Lipinski definition) is 0. The van der Waals surface area contributed by atoms with Gasteiger partial charge in [-0.2, -0.15) is 5.10 Å². The summed E-state index contributed by atoms with van der Waals surface area (Å²) < 4.78 is 6.72. The molecule has 1 aromatic heterocycles. The molecular formula is C19H23N3O3. The Balaban J connectivity index is 2.20. The van der Waals surface area contributed by atoms with E-state index in [1.807, 2.05) is 32.0 Å². The van der Waals surface area contributed by atoms with Gasteiger partial charge in [0.1, 0.15) is 11.4 Å². The summed E-state index contributed by atoms with van der Waals surface area (Å²) in [7, 11) is 3.14. The van der Waals surface area contributed by atoms with E-state index in [0.29, 0.717) is 11.7 Å². The first kappa shape index (κ1) is 17.2. The quantitative estimate of drug-likeness (QED) is 0.842. The van der Waals surface area contributed by atoms with Crippen LogP contribution in [0.1, 0.15) is 49.2 Å². The molecule has 0 aliphatic carbocycles. The van der Waals surface area contributed by atoms with E-state index in [1.54, 1.807) is 12.0 Å². The van der Waals surface area contributed by atoms with Crippen LogP contribution in [0.2, 0.25) is 0 Å². The number of carbonyl (C=O) groups is 1. The number of methoxy groups -OCH3 is 1. The maximum absolute atomic E-state index is 13.3. The number of hydrogen-bond acceptors (Lipinski definition) is 4. The lowest BCUT2D eigenvalue weighted by atomic mass is 9.79. The SMILES string of the molecule is COc1cccc2c1N(C(=O)c1ccc(=O)n(C)n1)C(C)(C)CC2C. The molecule has 3 rings (SSSR count). The Morgan fingerprint density at radius 1 is 1.28 bits per heavy atom. The molecule has 0 radical (unpaired) electrons. The third-order valence-corrected chi connectivity index (χ3v) is 4.80. The average molecular weight is 341 g/mol. The van der Waals surface area contributed by atoms with Gasteiger partial charge in [-0.05, 0) is 43.9 Å². The molecule has 0 bridgehead atoms. The van der Waals surface area contributed by atoms with E-state index in [1.165, 1.54) is 23.9 Å². The molecule has 25 heavy (non-hydrogen) atoms. The lowest BCUT2D eigenvalue weighted by molar-refractivity contribution is 0.0945. The van der Waals surface area contributed by atoms with Crippen molar-refractivity contribution in [2.24, 2.45) is 7.05 Å². The van der Waals surface area contributed by atoms with E-state index < -0.39 is 5.54 Å². The van der Waals surface area contributed by atoms with Gasteiger partial charge in [0, 0.05) is 18.7 Å². The molecule has 2 heterocycles. The van der Waals surface area contributed by atoms with Crippen molar-refractivity contribution in [1.29, 1.82) is 0 Å². The number of nitrogens with zero attached hydrogens (tertiary/aromatic N) is 3. The number of anilines is 1. The summed E-state index contributed by atoms with van der Waals surface area (Å²) in [6, 6.07) is 8.68. The first-order valence-electron chi connectivity index (χ1n) is 8.32. The molecule has 1 aliphatic heterocycles. The van der Waals surface area contributed by atoms with Crippen molar-refractivity contribution < 1.29 is 9.53 Å². The van der Waals surface area contributed by atoms with E-state index in [9.17, 15) is 9.59 Å². The summed E-state index contributed by atoms with van der Waals surface area (Å²) in [6.07, 6.45) is 0.824. The Labute approximate surface area is 147 Å². The lowest BCUT2D eigenvalue weighted by Gasteiger charge is -2.46. The Morgan fingerprint density at radius 2 is 2.00 bits per heavy atom. The predicted molar refractivity (Wildman–Crippen MR) is 96.4 cm³/mol. The Kier molecular flexibility index (Phi) is 4.14. The summed E-state index contributed by atoms with van der Waals surface area (Å²) in [5.41, 5.74) is 1.45. The van der Waals surface area contributed by atoms with Gasteiger partial charge in [0.15, 0.2) is 0 Å². The number of amides is 1. The second-order valence-electron chi connectivity index (χ2n) is 7.14. The topological polar surface area (TPSA) is 64.4 Å². The molecule has 0 spiro atoms. The fraction of sp³-hybridized carbons (Fsp3) is 0.421. The van der Waals surface area contributed by atoms with Gasteiger partial charge in [0.25, 0.3) is 11.5 Å². The van der Waals surface area contributed by atoms with Crippen LogP contribution in [0.15, 0.2) is 35.1 Å². The zero-order valence-electron chi connectivity index (χ0n) is 15.2. The summed E-state index contributed by atoms with van der Waals surface area (Å²) in [6.45, 7) is 6.24. The fourth-order valence-electron chi connectivity index (χ4n) is 3.70. The van der Waals surface area contributed by atoms with Crippen molar-refractivity contribution in [2.75, 3.05) is 12.0 Å². The number of benzene rings is 1. The molecule has 6 heteroatoms. The number of carbonyl (C=O) groups excluding carboxylic acids is 1. The second-order valence-corrected chi connectivity index (χ2v) is 7.14. The normalized spacial score (nSPS) is 18.6. The number of para-hydroxylation sites is 1. The van der Waals surface area contributed by atoms with Crippen molar-refractivity contribution >= 4 is 11.6 Å². The Hall–Kier alpha value is -2.63.